The van der Waals surface area contributed by atoms with Crippen molar-refractivity contribution >= 4 is 40.5 Å². The Balaban J connectivity index is 1.28. The van der Waals surface area contributed by atoms with E-state index < -0.39 is 0 Å². The molecule has 33 heavy (non-hydrogen) atoms. The van der Waals surface area contributed by atoms with Gasteiger partial charge in [0.1, 0.15) is 5.75 Å². The molecule has 5 nitrogen and oxygen atoms in total. The third kappa shape index (κ3) is 6.41. The average Bonchev–Trinajstić information content (AvgIpc) is 2.80. The number of amides is 1. The molecule has 0 aliphatic carbocycles. The van der Waals surface area contributed by atoms with E-state index >= 15 is 0 Å². The van der Waals surface area contributed by atoms with Gasteiger partial charge in [-0.1, -0.05) is 53.5 Å². The second-order valence-electron chi connectivity index (χ2n) is 8.17. The Hall–Kier alpha value is -2.73. The second-order valence-corrected chi connectivity index (χ2v) is 8.99. The van der Waals surface area contributed by atoms with E-state index in [1.807, 2.05) is 61.5 Å². The van der Waals surface area contributed by atoms with Gasteiger partial charge in [0.05, 0.1) is 10.7 Å². The number of aryl methyl sites for hydroxylation is 1. The van der Waals surface area contributed by atoms with Gasteiger partial charge in [0.25, 0.3) is 5.91 Å². The lowest BCUT2D eigenvalue weighted by atomic mass is 10.2. The van der Waals surface area contributed by atoms with Crippen molar-refractivity contribution in [3.05, 3.63) is 87.9 Å². The molecule has 3 aromatic carbocycles. The minimum atomic E-state index is -0.228. The van der Waals surface area contributed by atoms with E-state index in [0.717, 1.165) is 54.6 Å². The van der Waals surface area contributed by atoms with Gasteiger partial charge >= 0.3 is 0 Å². The van der Waals surface area contributed by atoms with E-state index in [2.05, 4.69) is 21.2 Å². The molecule has 1 aliphatic rings. The minimum absolute atomic E-state index is 0.0593. The molecule has 1 aliphatic heterocycles. The fraction of sp³-hybridized carbons (Fsp3) is 0.269. The molecule has 0 unspecified atom stereocenters. The maximum absolute atomic E-state index is 12.3. The van der Waals surface area contributed by atoms with Gasteiger partial charge in [0.15, 0.2) is 6.61 Å². The van der Waals surface area contributed by atoms with Gasteiger partial charge in [-0.05, 0) is 54.4 Å². The zero-order valence-corrected chi connectivity index (χ0v) is 20.1. The number of rotatable bonds is 7. The third-order valence-corrected chi connectivity index (χ3v) is 6.33. The first-order valence-corrected chi connectivity index (χ1v) is 11.7. The van der Waals surface area contributed by atoms with Crippen molar-refractivity contribution in [1.82, 2.24) is 4.90 Å². The van der Waals surface area contributed by atoms with Gasteiger partial charge in [0.2, 0.25) is 0 Å². The lowest BCUT2D eigenvalue weighted by molar-refractivity contribution is -0.118. The van der Waals surface area contributed by atoms with Crippen LogP contribution in [-0.2, 0) is 11.3 Å². The molecule has 0 radical (unpaired) electrons. The molecule has 3 aromatic rings. The number of anilines is 2. The molecule has 1 amide bonds. The molecule has 1 fully saturated rings. The zero-order chi connectivity index (χ0) is 23.2. The first-order valence-electron chi connectivity index (χ1n) is 11.0. The number of nitrogens with one attached hydrogen (secondary N) is 1. The fourth-order valence-corrected chi connectivity index (χ4v) is 4.40. The van der Waals surface area contributed by atoms with E-state index in [1.165, 1.54) is 0 Å². The summed E-state index contributed by atoms with van der Waals surface area (Å²) in [7, 11) is 0. The molecule has 0 aromatic heterocycles. The molecule has 172 valence electrons. The molecular formula is C26H27Cl2N3O2. The molecule has 0 atom stereocenters. The first-order chi connectivity index (χ1) is 16.0. The highest BCUT2D eigenvalue weighted by atomic mass is 35.5. The SMILES string of the molecule is Cc1cccc(OCC(=O)Nc2ccc(N3CCN(Cc4ccccc4Cl)CC3)c(Cl)c2)c1. The number of hydrogen-bond donors (Lipinski definition) is 1. The standard InChI is InChI=1S/C26H27Cl2N3O2/c1-19-5-4-7-22(15-19)33-18-26(32)29-21-9-10-25(24(28)16-21)31-13-11-30(12-14-31)17-20-6-2-3-8-23(20)27/h2-10,15-16H,11-14,17-18H2,1H3,(H,29,32). The van der Waals surface area contributed by atoms with Crippen molar-refractivity contribution in [2.24, 2.45) is 0 Å². The number of carbonyl (C=O) groups excluding carboxylic acids is 1. The Morgan fingerprint density at radius 2 is 1.73 bits per heavy atom. The van der Waals surface area contributed by atoms with Gasteiger partial charge < -0.3 is 15.0 Å². The van der Waals surface area contributed by atoms with Crippen LogP contribution in [-0.4, -0.2) is 43.6 Å². The molecular weight excluding hydrogens is 457 g/mol. The highest BCUT2D eigenvalue weighted by Gasteiger charge is 2.20. The van der Waals surface area contributed by atoms with E-state index in [4.69, 9.17) is 27.9 Å². The van der Waals surface area contributed by atoms with Crippen LogP contribution in [0, 0.1) is 6.92 Å². The minimum Gasteiger partial charge on any atom is -0.484 e. The highest BCUT2D eigenvalue weighted by molar-refractivity contribution is 6.33. The molecule has 0 bridgehead atoms. The Labute approximate surface area is 204 Å². The van der Waals surface area contributed by atoms with Crippen LogP contribution in [0.3, 0.4) is 0 Å². The smallest absolute Gasteiger partial charge is 0.262 e. The van der Waals surface area contributed by atoms with E-state index in [1.54, 1.807) is 6.07 Å². The summed E-state index contributed by atoms with van der Waals surface area (Å²) in [5, 5.41) is 4.28. The predicted molar refractivity (Wildman–Crippen MR) is 136 cm³/mol. The van der Waals surface area contributed by atoms with Crippen LogP contribution in [0.5, 0.6) is 5.75 Å². The quantitative estimate of drug-likeness (QED) is 0.472. The lowest BCUT2D eigenvalue weighted by Crippen LogP contribution is -2.46. The van der Waals surface area contributed by atoms with Gasteiger partial charge in [-0.15, -0.1) is 0 Å². The molecule has 7 heteroatoms. The number of benzene rings is 3. The van der Waals surface area contributed by atoms with E-state index in [0.29, 0.717) is 16.5 Å². The summed E-state index contributed by atoms with van der Waals surface area (Å²) in [5.41, 5.74) is 3.86. The maximum atomic E-state index is 12.3. The van der Waals surface area contributed by atoms with Crippen LogP contribution >= 0.6 is 23.2 Å². The number of ether oxygens (including phenoxy) is 1. The van der Waals surface area contributed by atoms with Crippen molar-refractivity contribution in [2.75, 3.05) is 43.0 Å². The van der Waals surface area contributed by atoms with Gasteiger partial charge in [-0.25, -0.2) is 0 Å². The molecule has 1 N–H and O–H groups in total. The van der Waals surface area contributed by atoms with Crippen LogP contribution < -0.4 is 15.0 Å². The number of nitrogens with zero attached hydrogens (tertiary/aromatic N) is 2. The fourth-order valence-electron chi connectivity index (χ4n) is 3.91. The normalized spacial score (nSPS) is 14.2. The molecule has 1 saturated heterocycles. The van der Waals surface area contributed by atoms with Crippen LogP contribution in [0.1, 0.15) is 11.1 Å². The predicted octanol–water partition coefficient (Wildman–Crippen LogP) is 5.64. The third-order valence-electron chi connectivity index (χ3n) is 5.66. The largest absolute Gasteiger partial charge is 0.484 e. The lowest BCUT2D eigenvalue weighted by Gasteiger charge is -2.36. The summed E-state index contributed by atoms with van der Waals surface area (Å²) < 4.78 is 5.56. The molecule has 1 heterocycles. The Morgan fingerprint density at radius 1 is 0.939 bits per heavy atom. The van der Waals surface area contributed by atoms with E-state index in [9.17, 15) is 4.79 Å². The number of carbonyl (C=O) groups is 1. The molecule has 4 rings (SSSR count). The van der Waals surface area contributed by atoms with Crippen LogP contribution in [0.15, 0.2) is 66.7 Å². The summed E-state index contributed by atoms with van der Waals surface area (Å²) in [6, 6.07) is 21.2. The summed E-state index contributed by atoms with van der Waals surface area (Å²) in [4.78, 5) is 16.9. The summed E-state index contributed by atoms with van der Waals surface area (Å²) in [6.07, 6.45) is 0. The number of hydrogen-bond acceptors (Lipinski definition) is 4. The average molecular weight is 484 g/mol. The Bertz CT molecular complexity index is 1110. The Morgan fingerprint density at radius 3 is 2.45 bits per heavy atom. The van der Waals surface area contributed by atoms with Crippen molar-refractivity contribution < 1.29 is 9.53 Å². The summed E-state index contributed by atoms with van der Waals surface area (Å²) in [5.74, 6) is 0.445. The Kier molecular flexibility index (Phi) is 7.76. The van der Waals surface area contributed by atoms with Crippen molar-refractivity contribution in [3.8, 4) is 5.75 Å². The molecule has 0 saturated carbocycles. The van der Waals surface area contributed by atoms with Crippen molar-refractivity contribution in [3.63, 3.8) is 0 Å². The maximum Gasteiger partial charge on any atom is 0.262 e. The van der Waals surface area contributed by atoms with E-state index in [-0.39, 0.29) is 12.5 Å². The van der Waals surface area contributed by atoms with Crippen molar-refractivity contribution in [1.29, 1.82) is 0 Å². The monoisotopic (exact) mass is 483 g/mol. The highest BCUT2D eigenvalue weighted by Crippen LogP contribution is 2.30. The first kappa shape index (κ1) is 23.4. The van der Waals surface area contributed by atoms with Gasteiger partial charge in [-0.2, -0.15) is 0 Å². The van der Waals surface area contributed by atoms with Gasteiger partial charge in [0, 0.05) is 43.4 Å². The van der Waals surface area contributed by atoms with Gasteiger partial charge in [-0.3, -0.25) is 9.69 Å². The summed E-state index contributed by atoms with van der Waals surface area (Å²) >= 11 is 12.9. The molecule has 0 spiro atoms. The number of halogens is 2. The van der Waals surface area contributed by atoms with Crippen LogP contribution in [0.2, 0.25) is 10.0 Å². The summed E-state index contributed by atoms with van der Waals surface area (Å²) in [6.45, 7) is 6.37. The van der Waals surface area contributed by atoms with Crippen LogP contribution in [0.4, 0.5) is 11.4 Å². The van der Waals surface area contributed by atoms with Crippen molar-refractivity contribution in [2.45, 2.75) is 13.5 Å². The number of piperazine rings is 1. The second kappa shape index (κ2) is 10.9. The van der Waals surface area contributed by atoms with Crippen LogP contribution in [0.25, 0.3) is 0 Å². The topological polar surface area (TPSA) is 44.8 Å². The zero-order valence-electron chi connectivity index (χ0n) is 18.6.